The summed E-state index contributed by atoms with van der Waals surface area (Å²) in [5, 5.41) is 3.78. The maximum absolute atomic E-state index is 5.52. The van der Waals surface area contributed by atoms with Gasteiger partial charge in [-0.05, 0) is 49.1 Å². The van der Waals surface area contributed by atoms with Crippen LogP contribution in [0.4, 0.5) is 0 Å². The van der Waals surface area contributed by atoms with Crippen molar-refractivity contribution >= 4 is 0 Å². The largest absolute Gasteiger partial charge is 0.381 e. The van der Waals surface area contributed by atoms with E-state index in [1.807, 2.05) is 7.11 Å². The fourth-order valence-corrected chi connectivity index (χ4v) is 3.23. The molecule has 0 aromatic heterocycles. The van der Waals surface area contributed by atoms with Crippen LogP contribution in [0.15, 0.2) is 24.3 Å². The van der Waals surface area contributed by atoms with Crippen molar-refractivity contribution in [2.45, 2.75) is 77.0 Å². The van der Waals surface area contributed by atoms with E-state index in [1.165, 1.54) is 30.4 Å². The van der Waals surface area contributed by atoms with Crippen LogP contribution in [0.25, 0.3) is 0 Å². The van der Waals surface area contributed by atoms with Crippen molar-refractivity contribution in [2.75, 3.05) is 7.11 Å². The Balaban J connectivity index is 1.95. The lowest BCUT2D eigenvalue weighted by atomic mass is 9.86. The zero-order valence-electron chi connectivity index (χ0n) is 14.3. The van der Waals surface area contributed by atoms with Gasteiger partial charge in [0.25, 0.3) is 0 Å². The van der Waals surface area contributed by atoms with Crippen molar-refractivity contribution in [2.24, 2.45) is 0 Å². The molecule has 1 aliphatic carbocycles. The molecular weight excluding hydrogens is 258 g/mol. The summed E-state index contributed by atoms with van der Waals surface area (Å²) in [4.78, 5) is 0. The first kappa shape index (κ1) is 16.5. The molecule has 2 nitrogen and oxygen atoms in total. The van der Waals surface area contributed by atoms with Crippen LogP contribution >= 0.6 is 0 Å². The lowest BCUT2D eigenvalue weighted by molar-refractivity contribution is 0.0572. The van der Waals surface area contributed by atoms with E-state index < -0.39 is 0 Å². The molecule has 1 aromatic carbocycles. The maximum atomic E-state index is 5.52. The average Bonchev–Trinajstić information content (AvgIpc) is 2.46. The molecule has 0 amide bonds. The van der Waals surface area contributed by atoms with Gasteiger partial charge in [-0.3, -0.25) is 0 Å². The summed E-state index contributed by atoms with van der Waals surface area (Å²) in [7, 11) is 1.84. The van der Waals surface area contributed by atoms with Gasteiger partial charge < -0.3 is 10.1 Å². The van der Waals surface area contributed by atoms with Crippen molar-refractivity contribution in [3.05, 3.63) is 35.4 Å². The van der Waals surface area contributed by atoms with E-state index in [1.54, 1.807) is 0 Å². The second-order valence-electron chi connectivity index (χ2n) is 7.48. The highest BCUT2D eigenvalue weighted by Gasteiger charge is 2.23. The molecule has 1 saturated carbocycles. The highest BCUT2D eigenvalue weighted by atomic mass is 16.5. The zero-order chi connectivity index (χ0) is 15.5. The van der Waals surface area contributed by atoms with Gasteiger partial charge >= 0.3 is 0 Å². The number of nitrogens with one attached hydrogen (secondary N) is 1. The molecular formula is C19H31NO. The molecule has 2 rings (SSSR count). The van der Waals surface area contributed by atoms with Crippen molar-refractivity contribution in [3.8, 4) is 0 Å². The van der Waals surface area contributed by atoms with Gasteiger partial charge in [-0.25, -0.2) is 0 Å². The molecule has 21 heavy (non-hydrogen) atoms. The van der Waals surface area contributed by atoms with Crippen LogP contribution in [-0.2, 0) is 10.2 Å². The zero-order valence-corrected chi connectivity index (χ0v) is 14.3. The summed E-state index contributed by atoms with van der Waals surface area (Å²) < 4.78 is 5.52. The Bertz CT molecular complexity index is 432. The molecule has 1 N–H and O–H groups in total. The highest BCUT2D eigenvalue weighted by Crippen LogP contribution is 2.26. The summed E-state index contributed by atoms with van der Waals surface area (Å²) in [5.41, 5.74) is 3.00. The summed E-state index contributed by atoms with van der Waals surface area (Å²) in [6.45, 7) is 9.05. The predicted octanol–water partition coefficient (Wildman–Crippen LogP) is 4.59. The molecule has 0 radical (unpaired) electrons. The average molecular weight is 289 g/mol. The van der Waals surface area contributed by atoms with Gasteiger partial charge in [0.2, 0.25) is 0 Å². The molecule has 3 unspecified atom stereocenters. The van der Waals surface area contributed by atoms with Crippen LogP contribution in [0, 0.1) is 0 Å². The van der Waals surface area contributed by atoms with E-state index in [-0.39, 0.29) is 5.41 Å². The Labute approximate surface area is 130 Å². The number of rotatable bonds is 4. The van der Waals surface area contributed by atoms with E-state index in [0.717, 1.165) is 6.42 Å². The second kappa shape index (κ2) is 6.93. The Kier molecular flexibility index (Phi) is 5.45. The molecule has 1 aliphatic rings. The Morgan fingerprint density at radius 1 is 1.14 bits per heavy atom. The van der Waals surface area contributed by atoms with Crippen LogP contribution in [0.2, 0.25) is 0 Å². The predicted molar refractivity (Wildman–Crippen MR) is 89.7 cm³/mol. The molecule has 2 heteroatoms. The number of hydrogen-bond donors (Lipinski definition) is 1. The fraction of sp³-hybridized carbons (Fsp3) is 0.684. The topological polar surface area (TPSA) is 21.3 Å². The molecule has 1 fully saturated rings. The Hall–Kier alpha value is -0.860. The van der Waals surface area contributed by atoms with E-state index in [0.29, 0.717) is 18.2 Å². The maximum Gasteiger partial charge on any atom is 0.0586 e. The number of methoxy groups -OCH3 is 1. The van der Waals surface area contributed by atoms with Gasteiger partial charge in [0.1, 0.15) is 0 Å². The van der Waals surface area contributed by atoms with E-state index in [2.05, 4.69) is 57.3 Å². The minimum atomic E-state index is 0.226. The molecule has 0 saturated heterocycles. The summed E-state index contributed by atoms with van der Waals surface area (Å²) in [6, 6.07) is 10.1. The molecule has 1 aromatic rings. The quantitative estimate of drug-likeness (QED) is 0.875. The first-order chi connectivity index (χ1) is 9.90. The Morgan fingerprint density at radius 2 is 1.81 bits per heavy atom. The molecule has 0 aliphatic heterocycles. The van der Waals surface area contributed by atoms with Crippen molar-refractivity contribution < 1.29 is 4.74 Å². The van der Waals surface area contributed by atoms with Crippen molar-refractivity contribution in [1.82, 2.24) is 5.32 Å². The molecule has 0 bridgehead atoms. The minimum Gasteiger partial charge on any atom is -0.381 e. The van der Waals surface area contributed by atoms with Crippen LogP contribution < -0.4 is 5.32 Å². The molecule has 0 heterocycles. The van der Waals surface area contributed by atoms with Crippen LogP contribution in [-0.4, -0.2) is 19.3 Å². The Morgan fingerprint density at radius 3 is 2.38 bits per heavy atom. The first-order valence-corrected chi connectivity index (χ1v) is 8.29. The van der Waals surface area contributed by atoms with Crippen LogP contribution in [0.5, 0.6) is 0 Å². The van der Waals surface area contributed by atoms with Gasteiger partial charge in [0, 0.05) is 19.2 Å². The van der Waals surface area contributed by atoms with Gasteiger partial charge in [-0.1, -0.05) is 45.0 Å². The van der Waals surface area contributed by atoms with Crippen molar-refractivity contribution in [1.29, 1.82) is 0 Å². The molecule has 118 valence electrons. The number of ether oxygens (including phenoxy) is 1. The second-order valence-corrected chi connectivity index (χ2v) is 7.48. The first-order valence-electron chi connectivity index (χ1n) is 8.29. The number of benzene rings is 1. The van der Waals surface area contributed by atoms with E-state index in [4.69, 9.17) is 4.74 Å². The molecule has 3 atom stereocenters. The third kappa shape index (κ3) is 4.55. The summed E-state index contributed by atoms with van der Waals surface area (Å²) >= 11 is 0. The van der Waals surface area contributed by atoms with Gasteiger partial charge in [-0.15, -0.1) is 0 Å². The fourth-order valence-electron chi connectivity index (χ4n) is 3.23. The highest BCUT2D eigenvalue weighted by molar-refractivity contribution is 5.29. The standard InChI is InChI=1S/C19H31NO/c1-14(20-17-7-6-8-18(13-17)21-5)15-9-11-16(12-10-15)19(2,3)4/h9-12,14,17-18,20H,6-8,13H2,1-5H3. The minimum absolute atomic E-state index is 0.226. The lowest BCUT2D eigenvalue weighted by Gasteiger charge is -2.31. The third-order valence-corrected chi connectivity index (χ3v) is 4.72. The van der Waals surface area contributed by atoms with Gasteiger partial charge in [0.05, 0.1) is 6.10 Å². The van der Waals surface area contributed by atoms with Crippen LogP contribution in [0.3, 0.4) is 0 Å². The summed E-state index contributed by atoms with van der Waals surface area (Å²) in [6.07, 6.45) is 5.33. The van der Waals surface area contributed by atoms with Gasteiger partial charge in [-0.2, -0.15) is 0 Å². The van der Waals surface area contributed by atoms with Gasteiger partial charge in [0.15, 0.2) is 0 Å². The molecule has 0 spiro atoms. The normalized spacial score (nSPS) is 24.8. The monoisotopic (exact) mass is 289 g/mol. The van der Waals surface area contributed by atoms with E-state index in [9.17, 15) is 0 Å². The summed E-state index contributed by atoms with van der Waals surface area (Å²) in [5.74, 6) is 0. The van der Waals surface area contributed by atoms with Crippen molar-refractivity contribution in [3.63, 3.8) is 0 Å². The number of hydrogen-bond acceptors (Lipinski definition) is 2. The van der Waals surface area contributed by atoms with E-state index >= 15 is 0 Å². The lowest BCUT2D eigenvalue weighted by Crippen LogP contribution is -2.38. The SMILES string of the molecule is COC1CCCC(NC(C)c2ccc(C(C)(C)C)cc2)C1. The third-order valence-electron chi connectivity index (χ3n) is 4.72. The smallest absolute Gasteiger partial charge is 0.0586 e. The van der Waals surface area contributed by atoms with Crippen LogP contribution in [0.1, 0.15) is 70.5 Å².